The molecule has 0 bridgehead atoms. The molecule has 6 heteroatoms. The van der Waals surface area contributed by atoms with Gasteiger partial charge in [-0.2, -0.15) is 0 Å². The molecule has 0 aliphatic heterocycles. The summed E-state index contributed by atoms with van der Waals surface area (Å²) in [6.45, 7) is 3.61. The zero-order valence-corrected chi connectivity index (χ0v) is 13.5. The molecule has 0 saturated carbocycles. The van der Waals surface area contributed by atoms with Crippen molar-refractivity contribution < 1.29 is 20.4 Å². The van der Waals surface area contributed by atoms with Gasteiger partial charge in [0.1, 0.15) is 23.0 Å². The van der Waals surface area contributed by atoms with Gasteiger partial charge in [0.15, 0.2) is 0 Å². The van der Waals surface area contributed by atoms with Crippen LogP contribution >= 0.6 is 0 Å². The normalized spacial score (nSPS) is 9.08. The quantitative estimate of drug-likeness (QED) is 0.504. The number of phenolic OH excluding ortho intramolecular Hbond substituents is 4. The number of phenols is 4. The molecule has 0 atom stereocenters. The van der Waals surface area contributed by atoms with Gasteiger partial charge in [-0.1, -0.05) is 0 Å². The van der Waals surface area contributed by atoms with E-state index in [1.54, 1.807) is 62.9 Å². The molecule has 2 aromatic carbocycles. The first-order valence-electron chi connectivity index (χ1n) is 7.06. The molecule has 0 saturated heterocycles. The Hall–Kier alpha value is -3.28. The fourth-order valence-electron chi connectivity index (χ4n) is 1.74. The Morgan fingerprint density at radius 1 is 0.500 bits per heavy atom. The first-order chi connectivity index (χ1) is 11.4. The van der Waals surface area contributed by atoms with Crippen LogP contribution in [0, 0.1) is 13.8 Å². The summed E-state index contributed by atoms with van der Waals surface area (Å²) in [4.78, 5) is 7.44. The summed E-state index contributed by atoms with van der Waals surface area (Å²) >= 11 is 0. The molecule has 0 amide bonds. The summed E-state index contributed by atoms with van der Waals surface area (Å²) in [5, 5.41) is 35.3. The smallest absolute Gasteiger partial charge is 0.119 e. The first kappa shape index (κ1) is 18.8. The third kappa shape index (κ3) is 8.23. The van der Waals surface area contributed by atoms with Crippen LogP contribution in [0.2, 0.25) is 0 Å². The Morgan fingerprint density at radius 3 is 0.917 bits per heavy atom. The zero-order chi connectivity index (χ0) is 17.9. The average molecular weight is 328 g/mol. The van der Waals surface area contributed by atoms with Crippen molar-refractivity contribution in [3.8, 4) is 23.0 Å². The molecule has 1 heterocycles. The van der Waals surface area contributed by atoms with Crippen molar-refractivity contribution in [1.29, 1.82) is 0 Å². The van der Waals surface area contributed by atoms with Gasteiger partial charge in [-0.05, 0) is 49.2 Å². The topological polar surface area (TPSA) is 107 Å². The predicted molar refractivity (Wildman–Crippen MR) is 91.0 cm³/mol. The van der Waals surface area contributed by atoms with E-state index in [-0.39, 0.29) is 23.0 Å². The number of aromatic nitrogens is 2. The largest absolute Gasteiger partial charge is 0.508 e. The summed E-state index contributed by atoms with van der Waals surface area (Å²) < 4.78 is 0. The molecule has 1 aromatic heterocycles. The van der Waals surface area contributed by atoms with Gasteiger partial charge in [0.2, 0.25) is 0 Å². The number of rotatable bonds is 0. The molecule has 24 heavy (non-hydrogen) atoms. The van der Waals surface area contributed by atoms with Crippen LogP contribution in [0.4, 0.5) is 0 Å². The molecule has 4 N–H and O–H groups in total. The minimum absolute atomic E-state index is 0.104. The van der Waals surface area contributed by atoms with Crippen LogP contribution in [0.1, 0.15) is 11.1 Å². The monoisotopic (exact) mass is 328 g/mol. The van der Waals surface area contributed by atoms with Crippen molar-refractivity contribution in [2.45, 2.75) is 13.8 Å². The van der Waals surface area contributed by atoms with Crippen LogP contribution in [0.15, 0.2) is 61.2 Å². The summed E-state index contributed by atoms with van der Waals surface area (Å²) in [6, 6.07) is 8.93. The van der Waals surface area contributed by atoms with Crippen LogP contribution in [-0.2, 0) is 0 Å². The highest BCUT2D eigenvalue weighted by molar-refractivity contribution is 5.36. The predicted octanol–water partition coefficient (Wildman–Crippen LogP) is 3.29. The van der Waals surface area contributed by atoms with E-state index in [4.69, 9.17) is 20.4 Å². The molecule has 3 rings (SSSR count). The molecular formula is C18H20N2O4. The Kier molecular flexibility index (Phi) is 7.57. The molecule has 0 aliphatic rings. The maximum absolute atomic E-state index is 8.83. The number of hydrogen-bond acceptors (Lipinski definition) is 6. The maximum atomic E-state index is 8.83. The van der Waals surface area contributed by atoms with Crippen molar-refractivity contribution in [1.82, 2.24) is 9.97 Å². The Balaban J connectivity index is 0.000000184. The minimum Gasteiger partial charge on any atom is -0.508 e. The number of nitrogens with zero attached hydrogens (tertiary/aromatic N) is 2. The van der Waals surface area contributed by atoms with Crippen molar-refractivity contribution in [2.24, 2.45) is 0 Å². The highest BCUT2D eigenvalue weighted by Crippen LogP contribution is 2.19. The summed E-state index contributed by atoms with van der Waals surface area (Å²) in [7, 11) is 0. The maximum Gasteiger partial charge on any atom is 0.119 e. The molecule has 0 fully saturated rings. The van der Waals surface area contributed by atoms with Gasteiger partial charge in [-0.25, -0.2) is 0 Å². The van der Waals surface area contributed by atoms with Crippen molar-refractivity contribution in [3.63, 3.8) is 0 Å². The lowest BCUT2D eigenvalue weighted by Crippen LogP contribution is -1.70. The number of benzene rings is 2. The lowest BCUT2D eigenvalue weighted by molar-refractivity contribution is 0.448. The molecule has 0 radical (unpaired) electrons. The van der Waals surface area contributed by atoms with E-state index in [9.17, 15) is 0 Å². The van der Waals surface area contributed by atoms with E-state index in [0.717, 1.165) is 11.1 Å². The van der Waals surface area contributed by atoms with Gasteiger partial charge >= 0.3 is 0 Å². The van der Waals surface area contributed by atoms with E-state index in [0.29, 0.717) is 0 Å². The highest BCUT2D eigenvalue weighted by atomic mass is 16.3. The first-order valence-corrected chi connectivity index (χ1v) is 7.06. The van der Waals surface area contributed by atoms with E-state index in [2.05, 4.69) is 9.97 Å². The molecule has 3 aromatic rings. The molecule has 0 unspecified atom stereocenters. The highest BCUT2D eigenvalue weighted by Gasteiger charge is 1.92. The third-order valence-electron chi connectivity index (χ3n) is 2.57. The van der Waals surface area contributed by atoms with Crippen molar-refractivity contribution in [3.05, 3.63) is 72.3 Å². The lowest BCUT2D eigenvalue weighted by atomic mass is 10.2. The van der Waals surface area contributed by atoms with Crippen LogP contribution < -0.4 is 0 Å². The van der Waals surface area contributed by atoms with Gasteiger partial charge < -0.3 is 20.4 Å². The van der Waals surface area contributed by atoms with Crippen LogP contribution in [0.5, 0.6) is 23.0 Å². The van der Waals surface area contributed by atoms with E-state index < -0.39 is 0 Å². The summed E-state index contributed by atoms with van der Waals surface area (Å²) in [5.74, 6) is 0.417. The molecular weight excluding hydrogens is 308 g/mol. The van der Waals surface area contributed by atoms with E-state index in [1.807, 2.05) is 0 Å². The zero-order valence-electron chi connectivity index (χ0n) is 13.5. The Labute approximate surface area is 140 Å². The van der Waals surface area contributed by atoms with E-state index >= 15 is 0 Å². The summed E-state index contributed by atoms with van der Waals surface area (Å²) in [6.07, 6.45) is 6.56. The van der Waals surface area contributed by atoms with Crippen LogP contribution in [-0.4, -0.2) is 30.4 Å². The van der Waals surface area contributed by atoms with Crippen molar-refractivity contribution >= 4 is 0 Å². The average Bonchev–Trinajstić information content (AvgIpc) is 2.47. The van der Waals surface area contributed by atoms with E-state index in [1.165, 1.54) is 12.1 Å². The minimum atomic E-state index is 0.104. The number of hydrogen-bond donors (Lipinski definition) is 4. The molecule has 126 valence electrons. The standard InChI is InChI=1S/2C7H8O2.C4H4N2/c2*1-5-2-6(8)4-7(9)3-5;1-2-6-4-3-5-1/h2*2-4,8-9H,1H3;1-4H. The van der Waals surface area contributed by atoms with Gasteiger partial charge in [-0.3, -0.25) is 9.97 Å². The number of aromatic hydroxyl groups is 4. The van der Waals surface area contributed by atoms with Gasteiger partial charge in [0.25, 0.3) is 0 Å². The summed E-state index contributed by atoms with van der Waals surface area (Å²) in [5.41, 5.74) is 1.71. The fourth-order valence-corrected chi connectivity index (χ4v) is 1.74. The SMILES string of the molecule is Cc1cc(O)cc(O)c1.Cc1cc(O)cc(O)c1.c1cnccn1. The molecule has 0 aliphatic carbocycles. The Bertz CT molecular complexity index is 572. The molecule has 6 nitrogen and oxygen atoms in total. The van der Waals surface area contributed by atoms with Gasteiger partial charge in [-0.15, -0.1) is 0 Å². The van der Waals surface area contributed by atoms with Gasteiger partial charge in [0, 0.05) is 36.9 Å². The van der Waals surface area contributed by atoms with Crippen LogP contribution in [0.3, 0.4) is 0 Å². The fraction of sp³-hybridized carbons (Fsp3) is 0.111. The van der Waals surface area contributed by atoms with Gasteiger partial charge in [0.05, 0.1) is 0 Å². The second kappa shape index (κ2) is 9.68. The molecule has 0 spiro atoms. The van der Waals surface area contributed by atoms with Crippen LogP contribution in [0.25, 0.3) is 0 Å². The number of aryl methyl sites for hydroxylation is 2. The second-order valence-corrected chi connectivity index (χ2v) is 4.95. The van der Waals surface area contributed by atoms with Crippen molar-refractivity contribution in [2.75, 3.05) is 0 Å². The Morgan fingerprint density at radius 2 is 0.750 bits per heavy atom. The lowest BCUT2D eigenvalue weighted by Gasteiger charge is -1.95. The third-order valence-corrected chi connectivity index (χ3v) is 2.57. The second-order valence-electron chi connectivity index (χ2n) is 4.95.